The van der Waals surface area contributed by atoms with Crippen LogP contribution in [0.5, 0.6) is 0 Å². The maximum Gasteiger partial charge on any atom is 0.270 e. The van der Waals surface area contributed by atoms with Gasteiger partial charge in [0.25, 0.3) is 5.91 Å². The Balaban J connectivity index is 1.79. The lowest BCUT2D eigenvalue weighted by Crippen LogP contribution is -2.24. The Morgan fingerprint density at radius 2 is 1.96 bits per heavy atom. The SMILES string of the molecule is Cc1cc(C(=O)NCc2ccco2)nc(Nc2ccc(F)c(F)c2F)n1. The van der Waals surface area contributed by atoms with Crippen LogP contribution in [-0.4, -0.2) is 15.9 Å². The molecule has 2 aromatic heterocycles. The van der Waals surface area contributed by atoms with Crippen LogP contribution in [0.1, 0.15) is 21.9 Å². The van der Waals surface area contributed by atoms with E-state index in [1.54, 1.807) is 19.1 Å². The monoisotopic (exact) mass is 362 g/mol. The molecule has 1 amide bonds. The van der Waals surface area contributed by atoms with Crippen molar-refractivity contribution in [2.45, 2.75) is 13.5 Å². The van der Waals surface area contributed by atoms with Gasteiger partial charge in [0.15, 0.2) is 17.5 Å². The van der Waals surface area contributed by atoms with Crippen LogP contribution in [0, 0.1) is 24.4 Å². The Morgan fingerprint density at radius 3 is 2.69 bits per heavy atom. The predicted molar refractivity (Wildman–Crippen MR) is 86.2 cm³/mol. The van der Waals surface area contributed by atoms with Gasteiger partial charge in [-0.3, -0.25) is 4.79 Å². The second-order valence-corrected chi connectivity index (χ2v) is 5.33. The molecule has 3 rings (SSSR count). The molecule has 0 spiro atoms. The number of benzene rings is 1. The maximum atomic E-state index is 13.8. The third-order valence-electron chi connectivity index (χ3n) is 3.37. The molecule has 0 saturated heterocycles. The fourth-order valence-corrected chi connectivity index (χ4v) is 2.15. The van der Waals surface area contributed by atoms with Gasteiger partial charge in [-0.25, -0.2) is 23.1 Å². The molecular weight excluding hydrogens is 349 g/mol. The van der Waals surface area contributed by atoms with Gasteiger partial charge < -0.3 is 15.1 Å². The molecule has 0 aliphatic carbocycles. The molecular formula is C17H13F3N4O2. The van der Waals surface area contributed by atoms with Gasteiger partial charge in [0.1, 0.15) is 11.5 Å². The van der Waals surface area contributed by atoms with E-state index in [0.717, 1.165) is 12.1 Å². The van der Waals surface area contributed by atoms with Crippen molar-refractivity contribution in [3.05, 3.63) is 71.2 Å². The summed E-state index contributed by atoms with van der Waals surface area (Å²) in [6.07, 6.45) is 1.48. The summed E-state index contributed by atoms with van der Waals surface area (Å²) in [5, 5.41) is 5.06. The molecule has 2 N–H and O–H groups in total. The average Bonchev–Trinajstić information content (AvgIpc) is 3.13. The van der Waals surface area contributed by atoms with Crippen molar-refractivity contribution < 1.29 is 22.4 Å². The van der Waals surface area contributed by atoms with Gasteiger partial charge in [-0.15, -0.1) is 0 Å². The first-order chi connectivity index (χ1) is 12.4. The number of amides is 1. The molecule has 0 unspecified atom stereocenters. The molecule has 0 bridgehead atoms. The smallest absolute Gasteiger partial charge is 0.270 e. The number of aryl methyl sites for hydroxylation is 1. The molecule has 0 aliphatic rings. The van der Waals surface area contributed by atoms with Gasteiger partial charge in [0, 0.05) is 5.69 Å². The molecule has 134 valence electrons. The number of anilines is 2. The zero-order valence-electron chi connectivity index (χ0n) is 13.5. The van der Waals surface area contributed by atoms with E-state index in [1.165, 1.54) is 12.3 Å². The Labute approximate surface area is 146 Å². The van der Waals surface area contributed by atoms with Gasteiger partial charge in [-0.2, -0.15) is 0 Å². The topological polar surface area (TPSA) is 80.0 Å². The largest absolute Gasteiger partial charge is 0.467 e. The highest BCUT2D eigenvalue weighted by molar-refractivity contribution is 5.92. The molecule has 0 radical (unpaired) electrons. The van der Waals surface area contributed by atoms with Crippen LogP contribution in [0.15, 0.2) is 41.0 Å². The second-order valence-electron chi connectivity index (χ2n) is 5.33. The number of rotatable bonds is 5. The first-order valence-electron chi connectivity index (χ1n) is 7.51. The van der Waals surface area contributed by atoms with Crippen LogP contribution < -0.4 is 10.6 Å². The number of aromatic nitrogens is 2. The Bertz CT molecular complexity index is 945. The highest BCUT2D eigenvalue weighted by Crippen LogP contribution is 2.22. The first kappa shape index (κ1) is 17.5. The zero-order valence-corrected chi connectivity index (χ0v) is 13.5. The lowest BCUT2D eigenvalue weighted by atomic mass is 10.2. The highest BCUT2D eigenvalue weighted by Gasteiger charge is 2.16. The van der Waals surface area contributed by atoms with Gasteiger partial charge in [0.2, 0.25) is 5.95 Å². The number of nitrogens with zero attached hydrogens (tertiary/aromatic N) is 2. The number of nitrogens with one attached hydrogen (secondary N) is 2. The molecule has 9 heteroatoms. The molecule has 3 aromatic rings. The number of carbonyl (C=O) groups is 1. The van der Waals surface area contributed by atoms with Crippen LogP contribution in [0.3, 0.4) is 0 Å². The summed E-state index contributed by atoms with van der Waals surface area (Å²) in [5.74, 6) is -4.39. The average molecular weight is 362 g/mol. The molecule has 6 nitrogen and oxygen atoms in total. The summed E-state index contributed by atoms with van der Waals surface area (Å²) < 4.78 is 45.2. The predicted octanol–water partition coefficient (Wildman–Crippen LogP) is 3.47. The quantitative estimate of drug-likeness (QED) is 0.680. The number of carbonyl (C=O) groups excluding carboxylic acids is 1. The van der Waals surface area contributed by atoms with Crippen molar-refractivity contribution in [1.29, 1.82) is 0 Å². The van der Waals surface area contributed by atoms with Crippen molar-refractivity contribution in [3.8, 4) is 0 Å². The van der Waals surface area contributed by atoms with E-state index in [-0.39, 0.29) is 23.9 Å². The molecule has 0 atom stereocenters. The molecule has 0 fully saturated rings. The van der Waals surface area contributed by atoms with E-state index < -0.39 is 23.4 Å². The van der Waals surface area contributed by atoms with Gasteiger partial charge in [0.05, 0.1) is 18.5 Å². The van der Waals surface area contributed by atoms with Crippen molar-refractivity contribution in [2.24, 2.45) is 0 Å². The summed E-state index contributed by atoms with van der Waals surface area (Å²) >= 11 is 0. The van der Waals surface area contributed by atoms with E-state index in [2.05, 4.69) is 20.6 Å². The molecule has 2 heterocycles. The third-order valence-corrected chi connectivity index (χ3v) is 3.37. The van der Waals surface area contributed by atoms with E-state index in [9.17, 15) is 18.0 Å². The van der Waals surface area contributed by atoms with Crippen molar-refractivity contribution >= 4 is 17.5 Å². The molecule has 0 aliphatic heterocycles. The second kappa shape index (κ2) is 7.26. The van der Waals surface area contributed by atoms with Crippen molar-refractivity contribution in [1.82, 2.24) is 15.3 Å². The Kier molecular flexibility index (Phi) is 4.87. The van der Waals surface area contributed by atoms with Gasteiger partial charge in [-0.05, 0) is 37.3 Å². The summed E-state index contributed by atoms with van der Waals surface area (Å²) in [7, 11) is 0. The zero-order chi connectivity index (χ0) is 18.7. The number of halogens is 3. The summed E-state index contributed by atoms with van der Waals surface area (Å²) in [4.78, 5) is 20.2. The molecule has 0 saturated carbocycles. The van der Waals surface area contributed by atoms with Crippen LogP contribution >= 0.6 is 0 Å². The minimum atomic E-state index is -1.61. The molecule has 26 heavy (non-hydrogen) atoms. The van der Waals surface area contributed by atoms with Crippen LogP contribution in [0.25, 0.3) is 0 Å². The summed E-state index contributed by atoms with van der Waals surface area (Å²) in [5.41, 5.74) is 0.0969. The molecule has 1 aromatic carbocycles. The van der Waals surface area contributed by atoms with Crippen LogP contribution in [0.4, 0.5) is 24.8 Å². The Hall–Kier alpha value is -3.36. The standard InChI is InChI=1S/C17H13F3N4O2/c1-9-7-13(16(25)21-8-10-3-2-6-26-10)24-17(22-9)23-12-5-4-11(18)14(19)15(12)20/h2-7H,8H2,1H3,(H,21,25)(H,22,23,24). The van der Waals surface area contributed by atoms with E-state index >= 15 is 0 Å². The maximum absolute atomic E-state index is 13.8. The third kappa shape index (κ3) is 3.82. The number of hydrogen-bond donors (Lipinski definition) is 2. The van der Waals surface area contributed by atoms with Crippen molar-refractivity contribution in [2.75, 3.05) is 5.32 Å². The van der Waals surface area contributed by atoms with Gasteiger partial charge >= 0.3 is 0 Å². The first-order valence-corrected chi connectivity index (χ1v) is 7.51. The normalized spacial score (nSPS) is 10.6. The fourth-order valence-electron chi connectivity index (χ4n) is 2.15. The lowest BCUT2D eigenvalue weighted by molar-refractivity contribution is 0.0943. The highest BCUT2D eigenvalue weighted by atomic mass is 19.2. The van der Waals surface area contributed by atoms with E-state index in [1.807, 2.05) is 0 Å². The Morgan fingerprint density at radius 1 is 1.15 bits per heavy atom. The van der Waals surface area contributed by atoms with Crippen LogP contribution in [-0.2, 0) is 6.54 Å². The van der Waals surface area contributed by atoms with E-state index in [4.69, 9.17) is 4.42 Å². The van der Waals surface area contributed by atoms with Gasteiger partial charge in [-0.1, -0.05) is 0 Å². The van der Waals surface area contributed by atoms with E-state index in [0.29, 0.717) is 11.5 Å². The minimum Gasteiger partial charge on any atom is -0.467 e. The minimum absolute atomic E-state index is 0.0227. The van der Waals surface area contributed by atoms with Crippen LogP contribution in [0.2, 0.25) is 0 Å². The van der Waals surface area contributed by atoms with Crippen molar-refractivity contribution in [3.63, 3.8) is 0 Å². The number of furan rings is 1. The fraction of sp³-hybridized carbons (Fsp3) is 0.118. The number of hydrogen-bond acceptors (Lipinski definition) is 5. The summed E-state index contributed by atoms with van der Waals surface area (Å²) in [6, 6.07) is 6.60. The summed E-state index contributed by atoms with van der Waals surface area (Å²) in [6.45, 7) is 1.77. The lowest BCUT2D eigenvalue weighted by Gasteiger charge is -2.09.